The minimum atomic E-state index is 1.02. The van der Waals surface area contributed by atoms with E-state index in [1.165, 1.54) is 15.1 Å². The Kier molecular flexibility index (Phi) is 1.57. The van der Waals surface area contributed by atoms with Crippen molar-refractivity contribution in [3.8, 4) is 0 Å². The average molecular weight is 262 g/mol. The maximum Gasteiger partial charge on any atom is 0.119 e. The molecule has 0 aliphatic rings. The van der Waals surface area contributed by atoms with Gasteiger partial charge >= 0.3 is 0 Å². The number of nitrogens with zero attached hydrogens (tertiary/aromatic N) is 2. The normalized spacial score (nSPS) is 10.5. The van der Waals surface area contributed by atoms with Crippen molar-refractivity contribution in [2.24, 2.45) is 0 Å². The van der Waals surface area contributed by atoms with Gasteiger partial charge in [0, 0.05) is 3.57 Å². The minimum absolute atomic E-state index is 1.02. The van der Waals surface area contributed by atoms with Crippen molar-refractivity contribution in [3.63, 3.8) is 0 Å². The molecule has 50 valence electrons. The molecule has 4 heteroatoms. The Labute approximate surface area is 75.6 Å². The molecular weight excluding hydrogens is 259 g/mol. The number of aromatic nitrogens is 2. The van der Waals surface area contributed by atoms with Gasteiger partial charge in [-0.1, -0.05) is 10.6 Å². The van der Waals surface area contributed by atoms with E-state index in [9.17, 15) is 0 Å². The Morgan fingerprint density at radius 3 is 3.10 bits per heavy atom. The monoisotopic (exact) mass is 262 g/mol. The first-order valence-electron chi connectivity index (χ1n) is 2.74. The summed E-state index contributed by atoms with van der Waals surface area (Å²) in [6.07, 6.45) is 0. The van der Waals surface area contributed by atoms with Gasteiger partial charge in [-0.25, -0.2) is 0 Å². The molecule has 2 rings (SSSR count). The summed E-state index contributed by atoms with van der Waals surface area (Å²) in [6, 6.07) is 6.08. The summed E-state index contributed by atoms with van der Waals surface area (Å²) in [5.41, 5.74) is 1.02. The Hall–Kier alpha value is -0.230. The summed E-state index contributed by atoms with van der Waals surface area (Å²) in [6.45, 7) is 0. The molecule has 0 bridgehead atoms. The molecule has 0 aliphatic carbocycles. The minimum Gasteiger partial charge on any atom is -0.137 e. The first kappa shape index (κ1) is 6.48. The van der Waals surface area contributed by atoms with Crippen LogP contribution in [-0.2, 0) is 0 Å². The van der Waals surface area contributed by atoms with Crippen LogP contribution in [0.25, 0.3) is 10.2 Å². The fourth-order valence-electron chi connectivity index (χ4n) is 0.771. The summed E-state index contributed by atoms with van der Waals surface area (Å²) in [5, 5.41) is 3.98. The lowest BCUT2D eigenvalue weighted by molar-refractivity contribution is 1.19. The van der Waals surface area contributed by atoms with Gasteiger partial charge in [-0.2, -0.15) is 0 Å². The van der Waals surface area contributed by atoms with Crippen molar-refractivity contribution in [1.82, 2.24) is 9.59 Å². The third kappa shape index (κ3) is 0.911. The maximum atomic E-state index is 3.98. The van der Waals surface area contributed by atoms with E-state index >= 15 is 0 Å². The van der Waals surface area contributed by atoms with Gasteiger partial charge in [0.15, 0.2) is 0 Å². The number of hydrogen-bond acceptors (Lipinski definition) is 3. The Morgan fingerprint density at radius 1 is 1.40 bits per heavy atom. The lowest BCUT2D eigenvalue weighted by Crippen LogP contribution is -1.72. The van der Waals surface area contributed by atoms with Gasteiger partial charge in [0.1, 0.15) is 5.52 Å². The van der Waals surface area contributed by atoms with Gasteiger partial charge in [0.25, 0.3) is 0 Å². The van der Waals surface area contributed by atoms with Crippen LogP contribution in [0, 0.1) is 3.57 Å². The van der Waals surface area contributed by atoms with Crippen LogP contribution < -0.4 is 0 Å². The number of hydrogen-bond donors (Lipinski definition) is 0. The first-order valence-corrected chi connectivity index (χ1v) is 4.60. The fourth-order valence-corrected chi connectivity index (χ4v) is 2.15. The van der Waals surface area contributed by atoms with Gasteiger partial charge in [-0.15, -0.1) is 5.10 Å². The number of benzene rings is 1. The highest BCUT2D eigenvalue weighted by Crippen LogP contribution is 2.19. The topological polar surface area (TPSA) is 25.8 Å². The SMILES string of the molecule is Ic1cccc2snnc12. The lowest BCUT2D eigenvalue weighted by Gasteiger charge is -1.86. The molecule has 10 heavy (non-hydrogen) atoms. The van der Waals surface area contributed by atoms with Crippen LogP contribution in [0.2, 0.25) is 0 Å². The first-order chi connectivity index (χ1) is 4.88. The van der Waals surface area contributed by atoms with E-state index in [1.54, 1.807) is 0 Å². The Bertz CT molecular complexity index is 357. The highest BCUT2D eigenvalue weighted by molar-refractivity contribution is 14.1. The molecule has 1 aromatic carbocycles. The lowest BCUT2D eigenvalue weighted by atomic mass is 10.3. The predicted octanol–water partition coefficient (Wildman–Crippen LogP) is 2.30. The molecule has 0 radical (unpaired) electrons. The zero-order valence-corrected chi connectivity index (χ0v) is 7.89. The van der Waals surface area contributed by atoms with Crippen LogP contribution >= 0.6 is 34.1 Å². The molecule has 0 spiro atoms. The van der Waals surface area contributed by atoms with Crippen LogP contribution in [0.5, 0.6) is 0 Å². The van der Waals surface area contributed by atoms with E-state index in [0.717, 1.165) is 10.2 Å². The fraction of sp³-hybridized carbons (Fsp3) is 0. The zero-order valence-electron chi connectivity index (χ0n) is 4.91. The molecule has 0 aliphatic heterocycles. The summed E-state index contributed by atoms with van der Waals surface area (Å²) in [7, 11) is 0. The summed E-state index contributed by atoms with van der Waals surface area (Å²) in [4.78, 5) is 0. The molecule has 0 N–H and O–H groups in total. The Balaban J connectivity index is 2.95. The van der Waals surface area contributed by atoms with E-state index in [1.807, 2.05) is 18.2 Å². The van der Waals surface area contributed by atoms with Gasteiger partial charge < -0.3 is 0 Å². The predicted molar refractivity (Wildman–Crippen MR) is 50.1 cm³/mol. The van der Waals surface area contributed by atoms with Gasteiger partial charge in [0.05, 0.1) is 4.70 Å². The van der Waals surface area contributed by atoms with E-state index in [4.69, 9.17) is 0 Å². The molecule has 0 fully saturated rings. The van der Waals surface area contributed by atoms with Crippen molar-refractivity contribution in [2.45, 2.75) is 0 Å². The molecule has 2 nitrogen and oxygen atoms in total. The summed E-state index contributed by atoms with van der Waals surface area (Å²) in [5.74, 6) is 0. The number of rotatable bonds is 0. The molecular formula is C6H3IN2S. The second-order valence-electron chi connectivity index (χ2n) is 1.86. The molecule has 0 unspecified atom stereocenters. The highest BCUT2D eigenvalue weighted by atomic mass is 127. The molecule has 1 aromatic heterocycles. The third-order valence-electron chi connectivity index (χ3n) is 1.23. The van der Waals surface area contributed by atoms with Gasteiger partial charge in [-0.05, 0) is 46.3 Å². The highest BCUT2D eigenvalue weighted by Gasteiger charge is 1.99. The van der Waals surface area contributed by atoms with Crippen molar-refractivity contribution in [1.29, 1.82) is 0 Å². The molecule has 0 saturated heterocycles. The largest absolute Gasteiger partial charge is 0.137 e. The van der Waals surface area contributed by atoms with Crippen LogP contribution in [-0.4, -0.2) is 9.59 Å². The number of fused-ring (bicyclic) bond motifs is 1. The molecule has 0 atom stereocenters. The zero-order chi connectivity index (χ0) is 6.97. The van der Waals surface area contributed by atoms with Crippen molar-refractivity contribution >= 4 is 44.3 Å². The van der Waals surface area contributed by atoms with Crippen molar-refractivity contribution < 1.29 is 0 Å². The second-order valence-corrected chi connectivity index (χ2v) is 3.81. The van der Waals surface area contributed by atoms with Crippen LogP contribution in [0.1, 0.15) is 0 Å². The van der Waals surface area contributed by atoms with E-state index in [0.29, 0.717) is 0 Å². The molecule has 1 heterocycles. The smallest absolute Gasteiger partial charge is 0.119 e. The van der Waals surface area contributed by atoms with Crippen LogP contribution in [0.3, 0.4) is 0 Å². The van der Waals surface area contributed by atoms with Crippen molar-refractivity contribution in [3.05, 3.63) is 21.8 Å². The standard InChI is InChI=1S/C6H3IN2S/c7-4-2-1-3-5-6(4)8-9-10-5/h1-3H. The molecule has 0 saturated carbocycles. The molecule has 0 amide bonds. The second kappa shape index (κ2) is 2.43. The van der Waals surface area contributed by atoms with E-state index < -0.39 is 0 Å². The molecule has 2 aromatic rings. The number of halogens is 1. The van der Waals surface area contributed by atoms with Gasteiger partial charge in [0.2, 0.25) is 0 Å². The van der Waals surface area contributed by atoms with Crippen molar-refractivity contribution in [2.75, 3.05) is 0 Å². The maximum absolute atomic E-state index is 3.98. The Morgan fingerprint density at radius 2 is 2.30 bits per heavy atom. The summed E-state index contributed by atoms with van der Waals surface area (Å²) < 4.78 is 6.18. The van der Waals surface area contributed by atoms with E-state index in [2.05, 4.69) is 32.2 Å². The average Bonchev–Trinajstić information content (AvgIpc) is 2.36. The van der Waals surface area contributed by atoms with Crippen LogP contribution in [0.4, 0.5) is 0 Å². The quantitative estimate of drug-likeness (QED) is 0.681. The summed E-state index contributed by atoms with van der Waals surface area (Å²) >= 11 is 3.69. The van der Waals surface area contributed by atoms with Crippen LogP contribution in [0.15, 0.2) is 18.2 Å². The third-order valence-corrected chi connectivity index (χ3v) is 2.79. The van der Waals surface area contributed by atoms with Gasteiger partial charge in [-0.3, -0.25) is 0 Å². The van der Waals surface area contributed by atoms with E-state index in [-0.39, 0.29) is 0 Å².